The Hall–Kier alpha value is 0.922. The molecule has 0 amide bonds. The molecule has 0 saturated carbocycles. The molecule has 0 heterocycles. The zero-order valence-corrected chi connectivity index (χ0v) is 3.58. The fourth-order valence-corrected chi connectivity index (χ4v) is 0. The first kappa shape index (κ1) is 9.33. The van der Waals surface area contributed by atoms with Crippen LogP contribution in [0.1, 0.15) is 20.8 Å². The van der Waals surface area contributed by atoms with Gasteiger partial charge in [-0.25, -0.2) is 0 Å². The van der Waals surface area contributed by atoms with Crippen molar-refractivity contribution in [2.45, 2.75) is 20.8 Å². The van der Waals surface area contributed by atoms with Crippen molar-refractivity contribution in [2.75, 3.05) is 0 Å². The van der Waals surface area contributed by atoms with Crippen LogP contribution in [0.15, 0.2) is 0 Å². The first-order chi connectivity index (χ1) is 1.73. The Morgan fingerprint density at radius 3 is 1.00 bits per heavy atom. The average Bonchev–Trinajstić information content (AvgIpc) is 0.811. The second kappa shape index (κ2) is 4.92. The molecular formula is C4H14Pb. The van der Waals surface area contributed by atoms with Crippen molar-refractivity contribution in [3.63, 3.8) is 0 Å². The molecule has 0 aliphatic rings. The molecule has 0 atom stereocenters. The fourth-order valence-electron chi connectivity index (χ4n) is 0. The fraction of sp³-hybridized carbons (Fsp3) is 1.00. The van der Waals surface area contributed by atoms with Gasteiger partial charge in [-0.1, -0.05) is 20.8 Å². The Kier molecular flexibility index (Phi) is 9.18. The molecule has 0 aromatic heterocycles. The standard InChI is InChI=1S/C4H10.Pb.4H/c1-4(2)3;;;;;/h4H,1-3H3;;;;;. The van der Waals surface area contributed by atoms with E-state index >= 15 is 0 Å². The first-order valence-electron chi connectivity index (χ1n) is 1.73. The molecule has 34 valence electrons. The van der Waals surface area contributed by atoms with E-state index in [9.17, 15) is 0 Å². The van der Waals surface area contributed by atoms with Crippen LogP contribution in [0.5, 0.6) is 0 Å². The third-order valence-corrected chi connectivity index (χ3v) is 0. The molecule has 0 aromatic carbocycles. The summed E-state index contributed by atoms with van der Waals surface area (Å²) in [5.74, 6) is 0.833. The minimum absolute atomic E-state index is 0. The summed E-state index contributed by atoms with van der Waals surface area (Å²) in [5.41, 5.74) is 0. The molecule has 0 aliphatic heterocycles. The zero-order valence-electron chi connectivity index (χ0n) is 3.58. The van der Waals surface area contributed by atoms with Crippen LogP contribution in [-0.2, 0) is 0 Å². The van der Waals surface area contributed by atoms with E-state index in [0.29, 0.717) is 0 Å². The monoisotopic (exact) mass is 270 g/mol. The van der Waals surface area contributed by atoms with E-state index in [1.54, 1.807) is 0 Å². The van der Waals surface area contributed by atoms with Gasteiger partial charge in [-0.3, -0.25) is 0 Å². The average molecular weight is 269 g/mol. The summed E-state index contributed by atoms with van der Waals surface area (Å²) in [6.07, 6.45) is 0. The third kappa shape index (κ3) is 49.4. The van der Waals surface area contributed by atoms with Gasteiger partial charge in [0.05, 0.1) is 0 Å². The van der Waals surface area contributed by atoms with Crippen LogP contribution in [0.2, 0.25) is 0 Å². The molecule has 0 N–H and O–H groups in total. The van der Waals surface area contributed by atoms with Crippen LogP contribution in [0, 0.1) is 5.92 Å². The first-order valence-corrected chi connectivity index (χ1v) is 1.73. The molecule has 0 rings (SSSR count). The van der Waals surface area contributed by atoms with Gasteiger partial charge in [0.1, 0.15) is 0 Å². The quantitative estimate of drug-likeness (QED) is 0.552. The maximum atomic E-state index is 2.17. The Balaban J connectivity index is 0. The third-order valence-electron chi connectivity index (χ3n) is 0. The predicted octanol–water partition coefficient (Wildman–Crippen LogP) is 0.211. The van der Waals surface area contributed by atoms with Gasteiger partial charge < -0.3 is 0 Å². The van der Waals surface area contributed by atoms with Crippen LogP contribution in [0.3, 0.4) is 0 Å². The molecule has 0 radical (unpaired) electrons. The molecule has 0 aliphatic carbocycles. The van der Waals surface area contributed by atoms with E-state index < -0.39 is 0 Å². The number of hydrogen-bond donors (Lipinski definition) is 0. The van der Waals surface area contributed by atoms with Crippen molar-refractivity contribution >= 4 is 27.3 Å². The molecule has 0 spiro atoms. The van der Waals surface area contributed by atoms with Crippen LogP contribution in [0.25, 0.3) is 0 Å². The van der Waals surface area contributed by atoms with Gasteiger partial charge in [0, 0.05) is 0 Å². The second-order valence-corrected chi connectivity index (χ2v) is 1.73. The van der Waals surface area contributed by atoms with Gasteiger partial charge in [0.15, 0.2) is 0 Å². The minimum atomic E-state index is 0. The topological polar surface area (TPSA) is 0 Å². The molecule has 0 saturated heterocycles. The van der Waals surface area contributed by atoms with E-state index in [4.69, 9.17) is 0 Å². The summed E-state index contributed by atoms with van der Waals surface area (Å²) < 4.78 is 0. The van der Waals surface area contributed by atoms with E-state index in [1.165, 1.54) is 0 Å². The normalized spacial score (nSPS) is 7.20. The number of rotatable bonds is 0. The Bertz CT molecular complexity index is 8.36. The summed E-state index contributed by atoms with van der Waals surface area (Å²) in [7, 11) is 0. The summed E-state index contributed by atoms with van der Waals surface area (Å²) >= 11 is 0. The second-order valence-electron chi connectivity index (χ2n) is 1.73. The van der Waals surface area contributed by atoms with E-state index in [2.05, 4.69) is 20.8 Å². The van der Waals surface area contributed by atoms with E-state index in [0.717, 1.165) is 5.92 Å². The molecule has 0 bridgehead atoms. The molecule has 0 nitrogen and oxygen atoms in total. The van der Waals surface area contributed by atoms with Crippen LogP contribution >= 0.6 is 0 Å². The van der Waals surface area contributed by atoms with Gasteiger partial charge in [-0.05, 0) is 5.92 Å². The number of hydrogen-bond acceptors (Lipinski definition) is 0. The predicted molar refractivity (Wildman–Crippen MR) is 31.8 cm³/mol. The van der Waals surface area contributed by atoms with Crippen molar-refractivity contribution < 1.29 is 0 Å². The Morgan fingerprint density at radius 2 is 1.00 bits per heavy atom. The van der Waals surface area contributed by atoms with Gasteiger partial charge in [0.25, 0.3) is 0 Å². The van der Waals surface area contributed by atoms with Crippen LogP contribution in [0.4, 0.5) is 0 Å². The van der Waals surface area contributed by atoms with Crippen molar-refractivity contribution in [3.05, 3.63) is 0 Å². The van der Waals surface area contributed by atoms with E-state index in [-0.39, 0.29) is 27.3 Å². The van der Waals surface area contributed by atoms with Gasteiger partial charge in [-0.15, -0.1) is 0 Å². The van der Waals surface area contributed by atoms with Crippen molar-refractivity contribution in [1.29, 1.82) is 0 Å². The Labute approximate surface area is 54.1 Å². The maximum absolute atomic E-state index is 2.17. The van der Waals surface area contributed by atoms with Crippen molar-refractivity contribution in [2.24, 2.45) is 5.92 Å². The molecule has 0 fully saturated rings. The summed E-state index contributed by atoms with van der Waals surface area (Å²) in [4.78, 5) is 0. The molecule has 0 aromatic rings. The van der Waals surface area contributed by atoms with Crippen LogP contribution < -0.4 is 0 Å². The van der Waals surface area contributed by atoms with Gasteiger partial charge in [-0.2, -0.15) is 0 Å². The summed E-state index contributed by atoms with van der Waals surface area (Å²) in [5, 5.41) is 0. The molecule has 1 heteroatoms. The molecule has 5 heavy (non-hydrogen) atoms. The van der Waals surface area contributed by atoms with E-state index in [1.807, 2.05) is 0 Å². The summed E-state index contributed by atoms with van der Waals surface area (Å²) in [6.45, 7) is 6.50. The van der Waals surface area contributed by atoms with Crippen LogP contribution in [-0.4, -0.2) is 27.3 Å². The van der Waals surface area contributed by atoms with Gasteiger partial charge in [0.2, 0.25) is 0 Å². The SMILES string of the molecule is CC(C)C.[PbH4]. The van der Waals surface area contributed by atoms with Crippen molar-refractivity contribution in [3.8, 4) is 0 Å². The summed E-state index contributed by atoms with van der Waals surface area (Å²) in [6, 6.07) is 0. The molecule has 0 unspecified atom stereocenters. The van der Waals surface area contributed by atoms with Gasteiger partial charge >= 0.3 is 27.3 Å². The van der Waals surface area contributed by atoms with Crippen molar-refractivity contribution in [1.82, 2.24) is 0 Å². The zero-order chi connectivity index (χ0) is 3.58. The Morgan fingerprint density at radius 1 is 1.00 bits per heavy atom. The molecular weight excluding hydrogens is 255 g/mol.